The van der Waals surface area contributed by atoms with Crippen molar-refractivity contribution in [3.63, 3.8) is 0 Å². The fourth-order valence-corrected chi connectivity index (χ4v) is 1.69. The molecule has 0 heterocycles. The van der Waals surface area contributed by atoms with Crippen LogP contribution in [0.5, 0.6) is 5.75 Å². The van der Waals surface area contributed by atoms with Gasteiger partial charge in [-0.15, -0.1) is 0 Å². The minimum absolute atomic E-state index is 0.313. The molecule has 0 radical (unpaired) electrons. The minimum atomic E-state index is 0.313. The molecule has 3 nitrogen and oxygen atoms in total. The molecule has 1 rings (SSSR count). The van der Waals surface area contributed by atoms with E-state index >= 15 is 0 Å². The van der Waals surface area contributed by atoms with Gasteiger partial charge in [-0.1, -0.05) is 45.0 Å². The molecule has 0 aromatic heterocycles. The van der Waals surface area contributed by atoms with Gasteiger partial charge in [0.25, 0.3) is 0 Å². The Hall–Kier alpha value is -1.51. The zero-order valence-electron chi connectivity index (χ0n) is 12.5. The van der Waals surface area contributed by atoms with Gasteiger partial charge in [-0.05, 0) is 36.0 Å². The molecule has 0 unspecified atom stereocenters. The third-order valence-corrected chi connectivity index (χ3v) is 2.43. The van der Waals surface area contributed by atoms with Crippen molar-refractivity contribution in [2.24, 2.45) is 10.6 Å². The lowest BCUT2D eigenvalue weighted by Crippen LogP contribution is -2.09. The first-order valence-electron chi connectivity index (χ1n) is 6.87. The number of oxime groups is 1. The van der Waals surface area contributed by atoms with E-state index in [1.165, 1.54) is 5.56 Å². The van der Waals surface area contributed by atoms with Crippen molar-refractivity contribution in [3.8, 4) is 5.75 Å². The van der Waals surface area contributed by atoms with Gasteiger partial charge >= 0.3 is 0 Å². The van der Waals surface area contributed by atoms with Crippen LogP contribution in [0.25, 0.3) is 0 Å². The van der Waals surface area contributed by atoms with Crippen LogP contribution in [0.3, 0.4) is 0 Å². The predicted octanol–water partition coefficient (Wildman–Crippen LogP) is 4.07. The van der Waals surface area contributed by atoms with Crippen LogP contribution in [0.4, 0.5) is 0 Å². The van der Waals surface area contributed by atoms with Crippen molar-refractivity contribution in [2.45, 2.75) is 40.5 Å². The van der Waals surface area contributed by atoms with Gasteiger partial charge in [0.05, 0.1) is 0 Å². The number of rotatable bonds is 7. The first-order valence-corrected chi connectivity index (χ1v) is 6.87. The summed E-state index contributed by atoms with van der Waals surface area (Å²) in [5.74, 6) is 0.876. The molecule has 0 aliphatic carbocycles. The molecule has 0 atom stereocenters. The molecule has 0 aliphatic rings. The van der Waals surface area contributed by atoms with Gasteiger partial charge in [0, 0.05) is 6.21 Å². The Balaban J connectivity index is 2.30. The Kier molecular flexibility index (Phi) is 6.40. The highest BCUT2D eigenvalue weighted by atomic mass is 16.6. The number of nitrogens with zero attached hydrogens (tertiary/aromatic N) is 1. The normalized spacial score (nSPS) is 11.8. The quantitative estimate of drug-likeness (QED) is 0.422. The maximum Gasteiger partial charge on any atom is 0.151 e. The van der Waals surface area contributed by atoms with Gasteiger partial charge < -0.3 is 9.57 Å². The summed E-state index contributed by atoms with van der Waals surface area (Å²) >= 11 is 0. The van der Waals surface area contributed by atoms with Crippen LogP contribution in [0.1, 0.15) is 39.7 Å². The van der Waals surface area contributed by atoms with Crippen LogP contribution in [0.2, 0.25) is 0 Å². The lowest BCUT2D eigenvalue weighted by Gasteiger charge is -2.18. The molecule has 0 bridgehead atoms. The van der Waals surface area contributed by atoms with Crippen LogP contribution in [-0.2, 0) is 11.3 Å². The van der Waals surface area contributed by atoms with Gasteiger partial charge in [-0.25, -0.2) is 0 Å². The molecule has 1 aromatic carbocycles. The van der Waals surface area contributed by atoms with Crippen molar-refractivity contribution in [1.82, 2.24) is 0 Å². The van der Waals surface area contributed by atoms with Crippen LogP contribution in [0.15, 0.2) is 29.4 Å². The van der Waals surface area contributed by atoms with E-state index in [1.54, 1.807) is 6.21 Å². The zero-order valence-corrected chi connectivity index (χ0v) is 12.5. The maximum atomic E-state index is 5.57. The summed E-state index contributed by atoms with van der Waals surface area (Å²) in [7, 11) is 0. The molecule has 19 heavy (non-hydrogen) atoms. The van der Waals surface area contributed by atoms with Gasteiger partial charge in [0.1, 0.15) is 12.4 Å². The molecule has 0 spiro atoms. The lowest BCUT2D eigenvalue weighted by atomic mass is 9.88. The van der Waals surface area contributed by atoms with E-state index < -0.39 is 0 Å². The van der Waals surface area contributed by atoms with E-state index in [2.05, 4.69) is 38.1 Å². The number of hydrogen-bond donors (Lipinski definition) is 0. The topological polar surface area (TPSA) is 30.8 Å². The molecular weight excluding hydrogens is 238 g/mol. The average Bonchev–Trinajstić information content (AvgIpc) is 2.34. The second-order valence-electron chi connectivity index (χ2n) is 5.76. The summed E-state index contributed by atoms with van der Waals surface area (Å²) in [6.45, 7) is 9.73. The van der Waals surface area contributed by atoms with Crippen LogP contribution < -0.4 is 4.74 Å². The molecule has 0 amide bonds. The Bertz CT molecular complexity index is 377. The van der Waals surface area contributed by atoms with Gasteiger partial charge in [-0.2, -0.15) is 0 Å². The van der Waals surface area contributed by atoms with Crippen molar-refractivity contribution >= 4 is 6.21 Å². The van der Waals surface area contributed by atoms with Crippen molar-refractivity contribution < 1.29 is 9.57 Å². The molecule has 3 heteroatoms. The summed E-state index contributed by atoms with van der Waals surface area (Å²) in [5.41, 5.74) is 1.65. The summed E-state index contributed by atoms with van der Waals surface area (Å²) < 4.78 is 5.57. The van der Waals surface area contributed by atoms with Crippen LogP contribution >= 0.6 is 0 Å². The van der Waals surface area contributed by atoms with E-state index in [0.717, 1.165) is 18.6 Å². The molecule has 0 saturated carbocycles. The highest BCUT2D eigenvalue weighted by Gasteiger charge is 2.10. The number of benzene rings is 1. The van der Waals surface area contributed by atoms with Gasteiger partial charge in [0.15, 0.2) is 6.61 Å². The van der Waals surface area contributed by atoms with Crippen molar-refractivity contribution in [1.29, 1.82) is 0 Å². The lowest BCUT2D eigenvalue weighted by molar-refractivity contribution is 0.108. The van der Waals surface area contributed by atoms with E-state index in [9.17, 15) is 0 Å². The average molecular weight is 263 g/mol. The molecule has 0 fully saturated rings. The monoisotopic (exact) mass is 263 g/mol. The van der Waals surface area contributed by atoms with E-state index in [1.807, 2.05) is 19.1 Å². The van der Waals surface area contributed by atoms with Crippen LogP contribution in [0, 0.1) is 5.41 Å². The highest BCUT2D eigenvalue weighted by Crippen LogP contribution is 2.22. The molecule has 0 N–H and O–H groups in total. The Labute approximate surface area is 116 Å². The predicted molar refractivity (Wildman–Crippen MR) is 79.8 cm³/mol. The summed E-state index contributed by atoms with van der Waals surface area (Å²) in [6.07, 6.45) is 3.69. The maximum absolute atomic E-state index is 5.57. The smallest absolute Gasteiger partial charge is 0.151 e. The fraction of sp³-hybridized carbons (Fsp3) is 0.562. The third-order valence-electron chi connectivity index (χ3n) is 2.43. The standard InChI is InChI=1S/C16H25NO2/c1-5-10-17-19-12-11-18-15-8-6-14(7-9-15)13-16(2,3)4/h6-10H,5,11-13H2,1-4H3/b17-10+. The fourth-order valence-electron chi connectivity index (χ4n) is 1.69. The van der Waals surface area contributed by atoms with E-state index in [4.69, 9.17) is 9.57 Å². The molecule has 106 valence electrons. The highest BCUT2D eigenvalue weighted by molar-refractivity contribution is 5.55. The Morgan fingerprint density at radius 3 is 2.37 bits per heavy atom. The summed E-state index contributed by atoms with van der Waals surface area (Å²) in [6, 6.07) is 8.26. The van der Waals surface area contributed by atoms with Crippen molar-refractivity contribution in [2.75, 3.05) is 13.2 Å². The van der Waals surface area contributed by atoms with Gasteiger partial charge in [0.2, 0.25) is 0 Å². The van der Waals surface area contributed by atoms with E-state index in [0.29, 0.717) is 18.6 Å². The summed E-state index contributed by atoms with van der Waals surface area (Å²) in [5, 5.41) is 3.77. The number of hydrogen-bond acceptors (Lipinski definition) is 3. The van der Waals surface area contributed by atoms with Gasteiger partial charge in [-0.3, -0.25) is 0 Å². The second-order valence-corrected chi connectivity index (χ2v) is 5.76. The second kappa shape index (κ2) is 7.82. The summed E-state index contributed by atoms with van der Waals surface area (Å²) in [4.78, 5) is 5.03. The third kappa shape index (κ3) is 7.50. The first-order chi connectivity index (χ1) is 9.01. The van der Waals surface area contributed by atoms with Crippen LogP contribution in [-0.4, -0.2) is 19.4 Å². The zero-order chi connectivity index (χ0) is 14.1. The SMILES string of the molecule is CC/C=N/OCCOc1ccc(CC(C)(C)C)cc1. The first kappa shape index (κ1) is 15.5. The van der Waals surface area contributed by atoms with E-state index in [-0.39, 0.29) is 0 Å². The molecular formula is C16H25NO2. The number of ether oxygens (including phenoxy) is 1. The largest absolute Gasteiger partial charge is 0.490 e. The Morgan fingerprint density at radius 1 is 1.11 bits per heavy atom. The van der Waals surface area contributed by atoms with Crippen molar-refractivity contribution in [3.05, 3.63) is 29.8 Å². The minimum Gasteiger partial charge on any atom is -0.490 e. The molecule has 0 saturated heterocycles. The molecule has 1 aromatic rings. The molecule has 0 aliphatic heterocycles. The Morgan fingerprint density at radius 2 is 1.79 bits per heavy atom.